The summed E-state index contributed by atoms with van der Waals surface area (Å²) in [4.78, 5) is 0. The van der Waals surface area contributed by atoms with Crippen LogP contribution in [0, 0.1) is 12.3 Å². The Morgan fingerprint density at radius 1 is 1.18 bits per heavy atom. The molecule has 0 aromatic heterocycles. The first-order chi connectivity index (χ1) is 8.33. The van der Waals surface area contributed by atoms with E-state index in [1.54, 1.807) is 0 Å². The maximum absolute atomic E-state index is 6.60. The zero-order valence-corrected chi connectivity index (χ0v) is 10.4. The molecule has 0 saturated heterocycles. The second-order valence-electron chi connectivity index (χ2n) is 5.77. The molecule has 0 unspecified atom stereocenters. The molecule has 0 bridgehead atoms. The van der Waals surface area contributed by atoms with Crippen LogP contribution in [0.2, 0.25) is 0 Å². The van der Waals surface area contributed by atoms with E-state index in [1.165, 1.54) is 44.1 Å². The van der Waals surface area contributed by atoms with E-state index in [1.807, 2.05) is 0 Å². The van der Waals surface area contributed by atoms with Gasteiger partial charge in [-0.3, -0.25) is 0 Å². The largest absolute Gasteiger partial charge is 0.327 e. The topological polar surface area (TPSA) is 26.0 Å². The normalized spacial score (nSPS) is 25.5. The monoisotopic (exact) mass is 228 g/mol. The fourth-order valence-electron chi connectivity index (χ4n) is 3.46. The molecule has 2 fully saturated rings. The minimum absolute atomic E-state index is 0.237. The molecule has 2 N–H and O–H groups in total. The van der Waals surface area contributed by atoms with Crippen molar-refractivity contribution in [2.75, 3.05) is 0 Å². The number of nitrogens with two attached hydrogens (primary N) is 1. The number of hydrogen-bond acceptors (Lipinski definition) is 1. The van der Waals surface area contributed by atoms with Gasteiger partial charge >= 0.3 is 0 Å². The van der Waals surface area contributed by atoms with Crippen LogP contribution in [0.4, 0.5) is 0 Å². The van der Waals surface area contributed by atoms with Crippen LogP contribution in [0.15, 0.2) is 30.3 Å². The highest BCUT2D eigenvalue weighted by molar-refractivity contribution is 5.30. The average Bonchev–Trinajstić information content (AvgIpc) is 3.24. The molecule has 0 heterocycles. The van der Waals surface area contributed by atoms with Crippen molar-refractivity contribution in [1.82, 2.24) is 0 Å². The van der Waals surface area contributed by atoms with Gasteiger partial charge in [0.05, 0.1) is 0 Å². The summed E-state index contributed by atoms with van der Waals surface area (Å²) in [6.07, 6.45) is 10.2. The second kappa shape index (κ2) is 4.45. The minimum Gasteiger partial charge on any atom is -0.327 e. The molecule has 0 spiro atoms. The number of rotatable bonds is 3. The lowest BCUT2D eigenvalue weighted by molar-refractivity contribution is 0.257. The summed E-state index contributed by atoms with van der Waals surface area (Å²) in [5.41, 5.74) is 8.31. The van der Waals surface area contributed by atoms with Crippen LogP contribution >= 0.6 is 0 Å². The fraction of sp³-hybridized carbons (Fsp3) is 0.562. The van der Waals surface area contributed by atoms with Gasteiger partial charge in [0, 0.05) is 11.5 Å². The first-order valence-electron chi connectivity index (χ1n) is 6.96. The van der Waals surface area contributed by atoms with Crippen LogP contribution in [0.3, 0.4) is 0 Å². The van der Waals surface area contributed by atoms with Gasteiger partial charge in [-0.1, -0.05) is 43.2 Å². The summed E-state index contributed by atoms with van der Waals surface area (Å²) in [6, 6.07) is 11.3. The quantitative estimate of drug-likeness (QED) is 0.842. The third kappa shape index (κ3) is 2.01. The molecule has 1 aromatic carbocycles. The van der Waals surface area contributed by atoms with Gasteiger partial charge in [-0.25, -0.2) is 0 Å². The van der Waals surface area contributed by atoms with Gasteiger partial charge in [-0.15, -0.1) is 0 Å². The molecule has 0 aliphatic heterocycles. The standard InChI is InChI=1S/C16H22N/c17-15(13-9-10-13)16(11-5-2-6-12-16)14-7-3-1-4-8-14/h1,3-5,7-8,13,15H,2,6,9-12,17H2/t15-,16-/m0/s1. The summed E-state index contributed by atoms with van der Waals surface area (Å²) in [5.74, 6) is 0.779. The molecule has 1 radical (unpaired) electrons. The molecule has 2 aliphatic rings. The van der Waals surface area contributed by atoms with Crippen molar-refractivity contribution in [3.05, 3.63) is 42.3 Å². The van der Waals surface area contributed by atoms with Crippen LogP contribution in [-0.4, -0.2) is 6.04 Å². The van der Waals surface area contributed by atoms with Crippen LogP contribution < -0.4 is 5.73 Å². The maximum Gasteiger partial charge on any atom is 0.0165 e. The van der Waals surface area contributed by atoms with Gasteiger partial charge in [0.2, 0.25) is 0 Å². The van der Waals surface area contributed by atoms with Gasteiger partial charge < -0.3 is 5.73 Å². The Kier molecular flexibility index (Phi) is 2.96. The Balaban J connectivity index is 1.94. The Bertz CT molecular complexity index is 360. The average molecular weight is 228 g/mol. The van der Waals surface area contributed by atoms with Crippen LogP contribution in [-0.2, 0) is 5.41 Å². The summed E-state index contributed by atoms with van der Waals surface area (Å²) >= 11 is 0. The highest BCUT2D eigenvalue weighted by Crippen LogP contribution is 2.48. The van der Waals surface area contributed by atoms with Gasteiger partial charge in [-0.05, 0) is 43.6 Å². The SMILES string of the molecule is N[C@@H](C1CC1)[C@@]1(c2ccccc2)C[CH]CCC1. The molecule has 2 aliphatic carbocycles. The predicted molar refractivity (Wildman–Crippen MR) is 71.6 cm³/mol. The van der Waals surface area contributed by atoms with E-state index in [0.717, 1.165) is 5.92 Å². The van der Waals surface area contributed by atoms with Gasteiger partial charge in [0.15, 0.2) is 0 Å². The van der Waals surface area contributed by atoms with Crippen molar-refractivity contribution in [3.8, 4) is 0 Å². The molecule has 2 saturated carbocycles. The first-order valence-corrected chi connectivity index (χ1v) is 6.96. The van der Waals surface area contributed by atoms with E-state index in [-0.39, 0.29) is 5.41 Å². The molecule has 1 nitrogen and oxygen atoms in total. The molecule has 91 valence electrons. The van der Waals surface area contributed by atoms with E-state index in [0.29, 0.717) is 6.04 Å². The first kappa shape index (κ1) is 11.3. The van der Waals surface area contributed by atoms with Crippen LogP contribution in [0.5, 0.6) is 0 Å². The molecule has 1 heteroatoms. The van der Waals surface area contributed by atoms with Gasteiger partial charge in [0.25, 0.3) is 0 Å². The predicted octanol–water partition coefficient (Wildman–Crippen LogP) is 3.44. The van der Waals surface area contributed by atoms with Crippen LogP contribution in [0.25, 0.3) is 0 Å². The molecule has 3 rings (SSSR count). The lowest BCUT2D eigenvalue weighted by Gasteiger charge is -2.43. The maximum atomic E-state index is 6.60. The molecular formula is C16H22N. The van der Waals surface area contributed by atoms with Crippen LogP contribution in [0.1, 0.15) is 44.1 Å². The van der Waals surface area contributed by atoms with Gasteiger partial charge in [-0.2, -0.15) is 0 Å². The fourth-order valence-corrected chi connectivity index (χ4v) is 3.46. The Labute approximate surface area is 104 Å². The van der Waals surface area contributed by atoms with E-state index >= 15 is 0 Å². The lowest BCUT2D eigenvalue weighted by Crippen LogP contribution is -2.48. The van der Waals surface area contributed by atoms with Crippen molar-refractivity contribution in [1.29, 1.82) is 0 Å². The Hall–Kier alpha value is -0.820. The van der Waals surface area contributed by atoms with E-state index in [4.69, 9.17) is 5.73 Å². The minimum atomic E-state index is 0.237. The van der Waals surface area contributed by atoms with E-state index in [2.05, 4.69) is 36.8 Å². The highest BCUT2D eigenvalue weighted by atomic mass is 14.7. The summed E-state index contributed by atoms with van der Waals surface area (Å²) in [7, 11) is 0. The molecular weight excluding hydrogens is 206 g/mol. The second-order valence-corrected chi connectivity index (χ2v) is 5.77. The lowest BCUT2D eigenvalue weighted by atomic mass is 9.64. The summed E-state index contributed by atoms with van der Waals surface area (Å²) in [6.45, 7) is 0. The summed E-state index contributed by atoms with van der Waals surface area (Å²) < 4.78 is 0. The van der Waals surface area contributed by atoms with Crippen molar-refractivity contribution in [2.24, 2.45) is 11.7 Å². The molecule has 2 atom stereocenters. The Morgan fingerprint density at radius 2 is 1.94 bits per heavy atom. The Morgan fingerprint density at radius 3 is 2.53 bits per heavy atom. The van der Waals surface area contributed by atoms with E-state index < -0.39 is 0 Å². The molecule has 17 heavy (non-hydrogen) atoms. The third-order valence-corrected chi connectivity index (χ3v) is 4.66. The number of benzene rings is 1. The van der Waals surface area contributed by atoms with Crippen molar-refractivity contribution >= 4 is 0 Å². The summed E-state index contributed by atoms with van der Waals surface area (Å²) in [5, 5.41) is 0. The zero-order valence-electron chi connectivity index (χ0n) is 10.4. The number of hydrogen-bond donors (Lipinski definition) is 1. The molecule has 0 amide bonds. The van der Waals surface area contributed by atoms with Crippen molar-refractivity contribution in [3.63, 3.8) is 0 Å². The third-order valence-electron chi connectivity index (χ3n) is 4.66. The highest BCUT2D eigenvalue weighted by Gasteiger charge is 2.45. The van der Waals surface area contributed by atoms with Crippen molar-refractivity contribution in [2.45, 2.75) is 50.0 Å². The molecule has 1 aromatic rings. The smallest absolute Gasteiger partial charge is 0.0165 e. The van der Waals surface area contributed by atoms with Gasteiger partial charge in [0.1, 0.15) is 0 Å². The zero-order chi connectivity index (χ0) is 11.7. The van der Waals surface area contributed by atoms with Crippen molar-refractivity contribution < 1.29 is 0 Å². The van der Waals surface area contributed by atoms with E-state index in [9.17, 15) is 0 Å².